The van der Waals surface area contributed by atoms with E-state index in [2.05, 4.69) is 6.58 Å². The molecule has 1 aromatic rings. The highest BCUT2D eigenvalue weighted by molar-refractivity contribution is 6.03. The molecule has 3 aliphatic heterocycles. The molecule has 0 N–H and O–H groups in total. The van der Waals surface area contributed by atoms with E-state index in [1.165, 1.54) is 0 Å². The molecule has 0 unspecified atom stereocenters. The van der Waals surface area contributed by atoms with Gasteiger partial charge in [0.25, 0.3) is 0 Å². The minimum Gasteiger partial charge on any atom is -0.550 e. The van der Waals surface area contributed by atoms with Crippen LogP contribution in [0.4, 0.5) is 5.69 Å². The van der Waals surface area contributed by atoms with Gasteiger partial charge in [0.15, 0.2) is 0 Å². The summed E-state index contributed by atoms with van der Waals surface area (Å²) in [5.41, 5.74) is 0.628. The number of carboxylic acid groups (broad SMARTS) is 1. The first-order valence-electron chi connectivity index (χ1n) is 8.58. The standard InChI is InChI=1S/C20H21NO5/c1-11(2)10-15-20-9-8-14(26-20)16(19(23)24)17(20)18(22)21(15)12-4-6-13(25-3)7-5-12/h4-9,14-17H,1,10H2,2-3H3,(H,23,24)/p-1/t14-,15+,16+,17+,20-/m1/s1. The van der Waals surface area contributed by atoms with Gasteiger partial charge < -0.3 is 24.3 Å². The number of amides is 1. The number of benzene rings is 1. The van der Waals surface area contributed by atoms with E-state index in [4.69, 9.17) is 9.47 Å². The van der Waals surface area contributed by atoms with Gasteiger partial charge in [0, 0.05) is 17.6 Å². The van der Waals surface area contributed by atoms with Crippen LogP contribution >= 0.6 is 0 Å². The van der Waals surface area contributed by atoms with Crippen molar-refractivity contribution < 1.29 is 24.2 Å². The zero-order valence-electron chi connectivity index (χ0n) is 14.7. The monoisotopic (exact) mass is 354 g/mol. The summed E-state index contributed by atoms with van der Waals surface area (Å²) in [7, 11) is 1.57. The molecule has 26 heavy (non-hydrogen) atoms. The predicted octanol–water partition coefficient (Wildman–Crippen LogP) is 1.07. The molecule has 2 bridgehead atoms. The number of anilines is 1. The van der Waals surface area contributed by atoms with Crippen molar-refractivity contribution in [3.05, 3.63) is 48.6 Å². The molecule has 136 valence electrons. The van der Waals surface area contributed by atoms with Crippen molar-refractivity contribution in [2.24, 2.45) is 11.8 Å². The van der Waals surface area contributed by atoms with Crippen LogP contribution in [0.15, 0.2) is 48.6 Å². The summed E-state index contributed by atoms with van der Waals surface area (Å²) in [4.78, 5) is 26.6. The Morgan fingerprint density at radius 2 is 2.08 bits per heavy atom. The summed E-state index contributed by atoms with van der Waals surface area (Å²) in [6.45, 7) is 5.87. The smallest absolute Gasteiger partial charge is 0.234 e. The van der Waals surface area contributed by atoms with Gasteiger partial charge in [-0.2, -0.15) is 0 Å². The number of carbonyl (C=O) groups is 2. The topological polar surface area (TPSA) is 78.9 Å². The third kappa shape index (κ3) is 2.15. The highest BCUT2D eigenvalue weighted by Crippen LogP contribution is 2.56. The largest absolute Gasteiger partial charge is 0.550 e. The molecule has 3 aliphatic rings. The maximum atomic E-state index is 13.3. The number of hydrogen-bond donors (Lipinski definition) is 0. The van der Waals surface area contributed by atoms with Crippen LogP contribution in [0.1, 0.15) is 13.3 Å². The van der Waals surface area contributed by atoms with Crippen molar-refractivity contribution in [1.82, 2.24) is 0 Å². The Morgan fingerprint density at radius 1 is 1.38 bits per heavy atom. The van der Waals surface area contributed by atoms with Crippen LogP contribution in [0.25, 0.3) is 0 Å². The number of carboxylic acids is 1. The number of methoxy groups -OCH3 is 1. The number of rotatable bonds is 5. The Balaban J connectivity index is 1.81. The maximum Gasteiger partial charge on any atom is 0.234 e. The van der Waals surface area contributed by atoms with E-state index in [1.54, 1.807) is 42.4 Å². The number of aliphatic carboxylic acids is 1. The summed E-state index contributed by atoms with van der Waals surface area (Å²) < 4.78 is 11.3. The summed E-state index contributed by atoms with van der Waals surface area (Å²) in [5, 5.41) is 11.7. The predicted molar refractivity (Wildman–Crippen MR) is 92.4 cm³/mol. The number of ether oxygens (including phenoxy) is 2. The average molecular weight is 354 g/mol. The SMILES string of the molecule is C=C(C)C[C@@H]1N(c2ccc(OC)cc2)C(=O)[C@@H]2[C@@H](C(=O)[O-])[C@H]3C=C[C@]21O3. The first-order valence-corrected chi connectivity index (χ1v) is 8.58. The Bertz CT molecular complexity index is 814. The van der Waals surface area contributed by atoms with Gasteiger partial charge in [-0.15, -0.1) is 6.58 Å². The normalized spacial score (nSPS) is 34.2. The molecule has 0 radical (unpaired) electrons. The molecule has 1 amide bonds. The van der Waals surface area contributed by atoms with Crippen molar-refractivity contribution in [1.29, 1.82) is 0 Å². The molecule has 4 rings (SSSR count). The lowest BCUT2D eigenvalue weighted by Crippen LogP contribution is -2.46. The molecule has 2 fully saturated rings. The van der Waals surface area contributed by atoms with Crippen molar-refractivity contribution >= 4 is 17.6 Å². The molecule has 1 aromatic carbocycles. The highest BCUT2D eigenvalue weighted by Gasteiger charge is 2.69. The van der Waals surface area contributed by atoms with E-state index in [9.17, 15) is 14.7 Å². The first-order chi connectivity index (χ1) is 12.4. The minimum absolute atomic E-state index is 0.248. The summed E-state index contributed by atoms with van der Waals surface area (Å²) in [6, 6.07) is 6.79. The Morgan fingerprint density at radius 3 is 2.65 bits per heavy atom. The summed E-state index contributed by atoms with van der Waals surface area (Å²) in [6.07, 6.45) is 3.51. The van der Waals surface area contributed by atoms with Gasteiger partial charge in [-0.1, -0.05) is 17.7 Å². The summed E-state index contributed by atoms with van der Waals surface area (Å²) in [5.74, 6) is -2.56. The van der Waals surface area contributed by atoms with Crippen LogP contribution in [-0.4, -0.2) is 36.7 Å². The average Bonchev–Trinajstić information content (AvgIpc) is 3.24. The van der Waals surface area contributed by atoms with Crippen molar-refractivity contribution in [2.75, 3.05) is 12.0 Å². The summed E-state index contributed by atoms with van der Waals surface area (Å²) >= 11 is 0. The van der Waals surface area contributed by atoms with Gasteiger partial charge in [-0.25, -0.2) is 0 Å². The molecular formula is C20H20NO5-. The van der Waals surface area contributed by atoms with Crippen molar-refractivity contribution in [3.63, 3.8) is 0 Å². The Labute approximate surface area is 151 Å². The van der Waals surface area contributed by atoms with Gasteiger partial charge in [0.05, 0.1) is 25.2 Å². The lowest BCUT2D eigenvalue weighted by molar-refractivity contribution is -0.313. The highest BCUT2D eigenvalue weighted by atomic mass is 16.5. The van der Waals surface area contributed by atoms with E-state index in [0.29, 0.717) is 17.9 Å². The van der Waals surface area contributed by atoms with Crippen molar-refractivity contribution in [2.45, 2.75) is 31.1 Å². The van der Waals surface area contributed by atoms with Crippen LogP contribution < -0.4 is 14.7 Å². The second kappa shape index (κ2) is 5.71. The zero-order valence-corrected chi connectivity index (χ0v) is 14.7. The van der Waals surface area contributed by atoms with Crippen molar-refractivity contribution in [3.8, 4) is 5.75 Å². The molecule has 6 nitrogen and oxygen atoms in total. The molecule has 5 atom stereocenters. The van der Waals surface area contributed by atoms with E-state index in [1.807, 2.05) is 13.0 Å². The number of nitrogens with zero attached hydrogens (tertiary/aromatic N) is 1. The van der Waals surface area contributed by atoms with Crippen LogP contribution in [0.2, 0.25) is 0 Å². The van der Waals surface area contributed by atoms with Gasteiger partial charge in [-0.3, -0.25) is 4.79 Å². The molecule has 0 aromatic heterocycles. The second-order valence-corrected chi connectivity index (χ2v) is 7.20. The Kier molecular flexibility index (Phi) is 3.70. The lowest BCUT2D eigenvalue weighted by Gasteiger charge is -2.33. The number of fused-ring (bicyclic) bond motifs is 1. The van der Waals surface area contributed by atoms with Crippen LogP contribution in [0, 0.1) is 11.8 Å². The van der Waals surface area contributed by atoms with Crippen LogP contribution in [-0.2, 0) is 14.3 Å². The third-order valence-electron chi connectivity index (χ3n) is 5.59. The molecule has 3 heterocycles. The zero-order chi connectivity index (χ0) is 18.6. The number of hydrogen-bond acceptors (Lipinski definition) is 5. The number of carbonyl (C=O) groups excluding carboxylic acids is 2. The van der Waals surface area contributed by atoms with E-state index < -0.39 is 29.5 Å². The fraction of sp³-hybridized carbons (Fsp3) is 0.400. The lowest BCUT2D eigenvalue weighted by atomic mass is 9.74. The van der Waals surface area contributed by atoms with Gasteiger partial charge in [0.1, 0.15) is 11.4 Å². The Hall–Kier alpha value is -2.60. The molecule has 2 saturated heterocycles. The quantitative estimate of drug-likeness (QED) is 0.739. The molecule has 6 heteroatoms. The van der Waals surface area contributed by atoms with Gasteiger partial charge in [0.2, 0.25) is 5.91 Å². The maximum absolute atomic E-state index is 13.3. The fourth-order valence-corrected chi connectivity index (χ4v) is 4.55. The first kappa shape index (κ1) is 16.8. The molecule has 1 spiro atoms. The molecular weight excluding hydrogens is 334 g/mol. The fourth-order valence-electron chi connectivity index (χ4n) is 4.55. The third-order valence-corrected chi connectivity index (χ3v) is 5.59. The molecule has 0 aliphatic carbocycles. The van der Waals surface area contributed by atoms with E-state index in [0.717, 1.165) is 5.57 Å². The van der Waals surface area contributed by atoms with E-state index in [-0.39, 0.29) is 11.9 Å². The van der Waals surface area contributed by atoms with E-state index >= 15 is 0 Å². The van der Waals surface area contributed by atoms with Crippen LogP contribution in [0.3, 0.4) is 0 Å². The minimum atomic E-state index is -1.25. The van der Waals surface area contributed by atoms with Gasteiger partial charge in [-0.05, 0) is 37.6 Å². The van der Waals surface area contributed by atoms with Gasteiger partial charge >= 0.3 is 0 Å². The van der Waals surface area contributed by atoms with Crippen LogP contribution in [0.5, 0.6) is 5.75 Å². The second-order valence-electron chi connectivity index (χ2n) is 7.20. The molecule has 0 saturated carbocycles.